The molecule has 0 unspecified atom stereocenters. The Morgan fingerprint density at radius 2 is 2.06 bits per heavy atom. The summed E-state index contributed by atoms with van der Waals surface area (Å²) in [6.07, 6.45) is 6.99. The monoisotopic (exact) mass is 269 g/mol. The van der Waals surface area contributed by atoms with Gasteiger partial charge in [0.15, 0.2) is 0 Å². The molecule has 1 N–H and O–H groups in total. The Balaban J connectivity index is 1.85. The number of aryl methyl sites for hydroxylation is 2. The van der Waals surface area contributed by atoms with Gasteiger partial charge in [-0.3, -0.25) is 4.68 Å². The molecular formula is C14H24ClN3. The lowest BCUT2D eigenvalue weighted by molar-refractivity contribution is 0.340. The van der Waals surface area contributed by atoms with Crippen molar-refractivity contribution in [3.63, 3.8) is 0 Å². The Labute approximate surface area is 115 Å². The van der Waals surface area contributed by atoms with Crippen molar-refractivity contribution in [1.29, 1.82) is 0 Å². The van der Waals surface area contributed by atoms with Crippen molar-refractivity contribution in [2.75, 3.05) is 6.54 Å². The van der Waals surface area contributed by atoms with E-state index in [0.717, 1.165) is 42.0 Å². The lowest BCUT2D eigenvalue weighted by Crippen LogP contribution is -2.25. The van der Waals surface area contributed by atoms with Gasteiger partial charge in [0.05, 0.1) is 16.4 Å². The molecule has 1 aromatic heterocycles. The van der Waals surface area contributed by atoms with Gasteiger partial charge in [-0.05, 0) is 39.2 Å². The fraction of sp³-hybridized carbons (Fsp3) is 0.786. The second kappa shape index (κ2) is 6.58. The van der Waals surface area contributed by atoms with Crippen LogP contribution in [-0.4, -0.2) is 16.3 Å². The Hall–Kier alpha value is -0.540. The van der Waals surface area contributed by atoms with Crippen molar-refractivity contribution < 1.29 is 0 Å². The molecule has 18 heavy (non-hydrogen) atoms. The van der Waals surface area contributed by atoms with Crippen LogP contribution in [0.2, 0.25) is 5.02 Å². The second-order valence-electron chi connectivity index (χ2n) is 5.30. The zero-order valence-electron chi connectivity index (χ0n) is 11.5. The topological polar surface area (TPSA) is 29.9 Å². The molecule has 1 aliphatic carbocycles. The second-order valence-corrected chi connectivity index (χ2v) is 5.67. The van der Waals surface area contributed by atoms with Crippen LogP contribution in [0.15, 0.2) is 0 Å². The molecular weight excluding hydrogens is 246 g/mol. The smallest absolute Gasteiger partial charge is 0.0860 e. The Morgan fingerprint density at radius 1 is 1.33 bits per heavy atom. The molecule has 1 heterocycles. The van der Waals surface area contributed by atoms with E-state index in [-0.39, 0.29) is 0 Å². The molecule has 1 fully saturated rings. The normalized spacial score (nSPS) is 17.3. The molecule has 0 amide bonds. The summed E-state index contributed by atoms with van der Waals surface area (Å²) in [5.74, 6) is 0.858. The highest BCUT2D eigenvalue weighted by Crippen LogP contribution is 2.23. The molecule has 0 atom stereocenters. The van der Waals surface area contributed by atoms with Crippen LogP contribution in [0.4, 0.5) is 0 Å². The predicted molar refractivity (Wildman–Crippen MR) is 75.9 cm³/mol. The van der Waals surface area contributed by atoms with Crippen LogP contribution in [0.1, 0.15) is 50.4 Å². The van der Waals surface area contributed by atoms with Crippen molar-refractivity contribution in [2.45, 2.75) is 59.0 Å². The number of rotatable bonds is 5. The SMILES string of the molecule is CCn1nc(C)c(Cl)c1CNCC1CCCCC1. The summed E-state index contributed by atoms with van der Waals surface area (Å²) in [6.45, 7) is 6.91. The van der Waals surface area contributed by atoms with Crippen LogP contribution in [0.25, 0.3) is 0 Å². The quantitative estimate of drug-likeness (QED) is 0.886. The molecule has 0 radical (unpaired) electrons. The molecule has 1 aliphatic rings. The maximum atomic E-state index is 6.29. The number of halogens is 1. The van der Waals surface area contributed by atoms with Crippen molar-refractivity contribution in [3.8, 4) is 0 Å². The van der Waals surface area contributed by atoms with Crippen molar-refractivity contribution in [2.24, 2.45) is 5.92 Å². The standard InChI is InChI=1S/C14H24ClN3/c1-3-18-13(14(15)11(2)17-18)10-16-9-12-7-5-4-6-8-12/h12,16H,3-10H2,1-2H3. The van der Waals surface area contributed by atoms with Crippen LogP contribution >= 0.6 is 11.6 Å². The van der Waals surface area contributed by atoms with Crippen molar-refractivity contribution in [3.05, 3.63) is 16.4 Å². The molecule has 0 bridgehead atoms. The van der Waals surface area contributed by atoms with E-state index < -0.39 is 0 Å². The molecule has 0 aliphatic heterocycles. The summed E-state index contributed by atoms with van der Waals surface area (Å²) in [5.41, 5.74) is 2.07. The van der Waals surface area contributed by atoms with Gasteiger partial charge in [0.25, 0.3) is 0 Å². The van der Waals surface area contributed by atoms with Gasteiger partial charge in [0.1, 0.15) is 0 Å². The highest BCUT2D eigenvalue weighted by atomic mass is 35.5. The number of aromatic nitrogens is 2. The van der Waals surface area contributed by atoms with Crippen LogP contribution in [0.5, 0.6) is 0 Å². The van der Waals surface area contributed by atoms with Crippen molar-refractivity contribution in [1.82, 2.24) is 15.1 Å². The van der Waals surface area contributed by atoms with Gasteiger partial charge in [-0.2, -0.15) is 5.10 Å². The Bertz CT molecular complexity index is 381. The van der Waals surface area contributed by atoms with Gasteiger partial charge >= 0.3 is 0 Å². The Kier molecular flexibility index (Phi) is 5.07. The number of nitrogens with one attached hydrogen (secondary N) is 1. The van der Waals surface area contributed by atoms with Gasteiger partial charge in [-0.1, -0.05) is 30.9 Å². The minimum atomic E-state index is 0.827. The van der Waals surface area contributed by atoms with Crippen LogP contribution in [-0.2, 0) is 13.1 Å². The summed E-state index contributed by atoms with van der Waals surface area (Å²) in [5, 5.41) is 8.82. The number of hydrogen-bond acceptors (Lipinski definition) is 2. The molecule has 1 saturated carbocycles. The zero-order chi connectivity index (χ0) is 13.0. The lowest BCUT2D eigenvalue weighted by atomic mass is 9.89. The molecule has 0 saturated heterocycles. The van der Waals surface area contributed by atoms with E-state index in [4.69, 9.17) is 11.6 Å². The van der Waals surface area contributed by atoms with Crippen molar-refractivity contribution >= 4 is 11.6 Å². The lowest BCUT2D eigenvalue weighted by Gasteiger charge is -2.21. The first-order chi connectivity index (χ1) is 8.72. The molecule has 0 aromatic carbocycles. The first-order valence-electron chi connectivity index (χ1n) is 7.14. The van der Waals surface area contributed by atoms with Gasteiger partial charge in [-0.25, -0.2) is 0 Å². The molecule has 102 valence electrons. The van der Waals surface area contributed by atoms with E-state index in [1.807, 2.05) is 11.6 Å². The fourth-order valence-electron chi connectivity index (χ4n) is 2.82. The molecule has 2 rings (SSSR count). The largest absolute Gasteiger partial charge is 0.311 e. The predicted octanol–water partition coefficient (Wildman–Crippen LogP) is 3.53. The Morgan fingerprint density at radius 3 is 2.72 bits per heavy atom. The van der Waals surface area contributed by atoms with Gasteiger partial charge in [0, 0.05) is 13.1 Å². The van der Waals surface area contributed by atoms with Crippen LogP contribution in [0.3, 0.4) is 0 Å². The summed E-state index contributed by atoms with van der Waals surface area (Å²) in [4.78, 5) is 0. The van der Waals surface area contributed by atoms with Gasteiger partial charge in [-0.15, -0.1) is 0 Å². The molecule has 0 spiro atoms. The van der Waals surface area contributed by atoms with E-state index in [2.05, 4.69) is 17.3 Å². The number of hydrogen-bond donors (Lipinski definition) is 1. The first kappa shape index (κ1) is 13.9. The average molecular weight is 270 g/mol. The maximum absolute atomic E-state index is 6.29. The number of nitrogens with zero attached hydrogens (tertiary/aromatic N) is 2. The minimum absolute atomic E-state index is 0.827. The van der Waals surface area contributed by atoms with Gasteiger partial charge in [0.2, 0.25) is 0 Å². The first-order valence-corrected chi connectivity index (χ1v) is 7.52. The van der Waals surface area contributed by atoms with Crippen LogP contribution in [0, 0.1) is 12.8 Å². The average Bonchev–Trinajstić information content (AvgIpc) is 2.67. The van der Waals surface area contributed by atoms with E-state index in [0.29, 0.717) is 0 Å². The molecule has 4 heteroatoms. The third-order valence-electron chi connectivity index (χ3n) is 3.90. The fourth-order valence-corrected chi connectivity index (χ4v) is 3.03. The summed E-state index contributed by atoms with van der Waals surface area (Å²) < 4.78 is 2.01. The third-order valence-corrected chi connectivity index (χ3v) is 4.39. The van der Waals surface area contributed by atoms with Gasteiger partial charge < -0.3 is 5.32 Å². The van der Waals surface area contributed by atoms with E-state index in [1.165, 1.54) is 32.1 Å². The zero-order valence-corrected chi connectivity index (χ0v) is 12.3. The maximum Gasteiger partial charge on any atom is 0.0860 e. The minimum Gasteiger partial charge on any atom is -0.311 e. The molecule has 3 nitrogen and oxygen atoms in total. The van der Waals surface area contributed by atoms with Crippen LogP contribution < -0.4 is 5.32 Å². The summed E-state index contributed by atoms with van der Waals surface area (Å²) >= 11 is 6.29. The molecule has 1 aromatic rings. The highest BCUT2D eigenvalue weighted by Gasteiger charge is 2.15. The van der Waals surface area contributed by atoms with E-state index >= 15 is 0 Å². The van der Waals surface area contributed by atoms with E-state index in [1.54, 1.807) is 0 Å². The third kappa shape index (κ3) is 3.27. The van der Waals surface area contributed by atoms with E-state index in [9.17, 15) is 0 Å². The summed E-state index contributed by atoms with van der Waals surface area (Å²) in [6, 6.07) is 0. The highest BCUT2D eigenvalue weighted by molar-refractivity contribution is 6.31. The summed E-state index contributed by atoms with van der Waals surface area (Å²) in [7, 11) is 0.